The molecule has 2 N–H and O–H groups in total. The summed E-state index contributed by atoms with van der Waals surface area (Å²) in [4.78, 5) is 33.6. The molecule has 3 heterocycles. The van der Waals surface area contributed by atoms with Crippen LogP contribution in [0.1, 0.15) is 38.5 Å². The maximum absolute atomic E-state index is 13.4. The van der Waals surface area contributed by atoms with Crippen molar-refractivity contribution in [2.45, 2.75) is 19.9 Å². The van der Waals surface area contributed by atoms with Crippen LogP contribution in [0.2, 0.25) is 0 Å². The highest BCUT2D eigenvalue weighted by atomic mass is 35.5. The topological polar surface area (TPSA) is 105 Å². The molecule has 31 heavy (non-hydrogen) atoms. The van der Waals surface area contributed by atoms with Crippen molar-refractivity contribution in [1.82, 2.24) is 34.6 Å². The molecule has 2 aromatic heterocycles. The smallest absolute Gasteiger partial charge is 0.270 e. The first-order valence-corrected chi connectivity index (χ1v) is 10.2. The molecule has 1 aliphatic rings. The highest BCUT2D eigenvalue weighted by molar-refractivity contribution is 6.13. The minimum atomic E-state index is -0.477. The van der Waals surface area contributed by atoms with Gasteiger partial charge in [-0.1, -0.05) is 12.1 Å². The molecule has 11 heteroatoms. The molecule has 1 atom stereocenters. The van der Waals surface area contributed by atoms with E-state index in [0.717, 1.165) is 18.5 Å². The van der Waals surface area contributed by atoms with Crippen LogP contribution in [0.15, 0.2) is 30.6 Å². The van der Waals surface area contributed by atoms with Crippen molar-refractivity contribution in [3.63, 3.8) is 0 Å². The van der Waals surface area contributed by atoms with Crippen molar-refractivity contribution < 1.29 is 14.0 Å². The quantitative estimate of drug-likeness (QED) is 0.560. The van der Waals surface area contributed by atoms with E-state index in [2.05, 4.69) is 25.7 Å². The Kier molecular flexibility index (Phi) is 6.10. The highest BCUT2D eigenvalue weighted by Crippen LogP contribution is 2.17. The first kappa shape index (κ1) is 21.1. The Labute approximate surface area is 182 Å². The number of rotatable bonds is 6. The Hall–Kier alpha value is -3.11. The molecular weight excluding hydrogens is 425 g/mol. The molecule has 1 aromatic carbocycles. The lowest BCUT2D eigenvalue weighted by Crippen LogP contribution is -2.32. The number of nitrogens with one attached hydrogen (secondary N) is 2. The van der Waals surface area contributed by atoms with E-state index in [9.17, 15) is 14.0 Å². The second-order valence-electron chi connectivity index (χ2n) is 7.50. The first-order chi connectivity index (χ1) is 14.9. The Morgan fingerprint density at radius 2 is 2.10 bits per heavy atom. The molecule has 0 aliphatic carbocycles. The number of aryl methyl sites for hydroxylation is 1. The summed E-state index contributed by atoms with van der Waals surface area (Å²) in [6.45, 7) is 3.79. The molecule has 0 unspecified atom stereocenters. The fourth-order valence-electron chi connectivity index (χ4n) is 3.46. The fourth-order valence-corrected chi connectivity index (χ4v) is 3.75. The van der Waals surface area contributed by atoms with E-state index in [1.807, 2.05) is 0 Å². The number of hydrogen-bond donors (Lipinski definition) is 2. The molecular formula is C20H21ClFN7O2. The van der Waals surface area contributed by atoms with Gasteiger partial charge in [0.25, 0.3) is 17.6 Å². The number of benzene rings is 1. The molecule has 0 spiro atoms. The third kappa shape index (κ3) is 4.80. The van der Waals surface area contributed by atoms with E-state index in [1.165, 1.54) is 23.0 Å². The Morgan fingerprint density at radius 1 is 1.26 bits per heavy atom. The lowest BCUT2D eigenvalue weighted by Gasteiger charge is -2.12. The Balaban J connectivity index is 1.48. The summed E-state index contributed by atoms with van der Waals surface area (Å²) in [6.07, 6.45) is 2.17. The van der Waals surface area contributed by atoms with Crippen molar-refractivity contribution >= 4 is 29.4 Å². The number of nitrogens with zero attached hydrogens (tertiary/aromatic N) is 5. The van der Waals surface area contributed by atoms with Gasteiger partial charge in [0.05, 0.1) is 0 Å². The van der Waals surface area contributed by atoms with Crippen LogP contribution >= 0.6 is 11.8 Å². The average Bonchev–Trinajstić information content (AvgIpc) is 3.40. The molecule has 0 bridgehead atoms. The number of fused-ring (bicyclic) bond motifs is 1. The molecule has 4 rings (SSSR count). The Morgan fingerprint density at radius 3 is 2.84 bits per heavy atom. The minimum Gasteiger partial charge on any atom is -0.350 e. The van der Waals surface area contributed by atoms with E-state index < -0.39 is 5.91 Å². The van der Waals surface area contributed by atoms with E-state index in [1.54, 1.807) is 23.5 Å². The number of carbonyl (C=O) groups is 2. The summed E-state index contributed by atoms with van der Waals surface area (Å²) in [7, 11) is 0. The number of hydrogen-bond acceptors (Lipinski definition) is 6. The molecule has 1 aliphatic heterocycles. The van der Waals surface area contributed by atoms with Gasteiger partial charge in [-0.2, -0.15) is 14.6 Å². The highest BCUT2D eigenvalue weighted by Gasteiger charge is 2.23. The molecule has 0 saturated carbocycles. The van der Waals surface area contributed by atoms with Gasteiger partial charge in [-0.25, -0.2) is 13.8 Å². The minimum absolute atomic E-state index is 0.0392. The number of halogens is 2. The van der Waals surface area contributed by atoms with Crippen LogP contribution in [-0.2, 0) is 6.54 Å². The maximum Gasteiger partial charge on any atom is 0.270 e. The summed E-state index contributed by atoms with van der Waals surface area (Å²) >= 11 is 5.98. The third-order valence-corrected chi connectivity index (χ3v) is 5.49. The zero-order valence-corrected chi connectivity index (χ0v) is 17.6. The van der Waals surface area contributed by atoms with E-state index in [0.29, 0.717) is 18.7 Å². The second kappa shape index (κ2) is 8.94. The summed E-state index contributed by atoms with van der Waals surface area (Å²) < 4.78 is 16.4. The number of amides is 2. The van der Waals surface area contributed by atoms with Crippen LogP contribution in [0.25, 0.3) is 5.78 Å². The molecule has 0 radical (unpaired) electrons. The molecule has 9 nitrogen and oxygen atoms in total. The van der Waals surface area contributed by atoms with Gasteiger partial charge < -0.3 is 10.6 Å². The van der Waals surface area contributed by atoms with Crippen LogP contribution in [-0.4, -0.2) is 55.4 Å². The summed E-state index contributed by atoms with van der Waals surface area (Å²) in [5.74, 6) is -0.759. The average molecular weight is 446 g/mol. The van der Waals surface area contributed by atoms with E-state index >= 15 is 0 Å². The summed E-state index contributed by atoms with van der Waals surface area (Å²) in [6, 6.07) is 5.99. The van der Waals surface area contributed by atoms with E-state index in [4.69, 9.17) is 11.8 Å². The largest absolute Gasteiger partial charge is 0.350 e. The normalized spacial score (nSPS) is 16.5. The van der Waals surface area contributed by atoms with Crippen LogP contribution < -0.4 is 10.6 Å². The molecule has 1 fully saturated rings. The SMILES string of the molecule is Cc1cc(CNC(=O)c2cc(C(=O)NC[C@@H]3CCN(Cl)C3)n3ncnc3n2)ccc1F. The van der Waals surface area contributed by atoms with Gasteiger partial charge in [0.15, 0.2) is 0 Å². The van der Waals surface area contributed by atoms with Crippen molar-refractivity contribution in [1.29, 1.82) is 0 Å². The molecule has 2 amide bonds. The third-order valence-electron chi connectivity index (χ3n) is 5.18. The molecule has 3 aromatic rings. The van der Waals surface area contributed by atoms with Crippen LogP contribution in [0, 0.1) is 18.7 Å². The fraction of sp³-hybridized carbons (Fsp3) is 0.350. The van der Waals surface area contributed by atoms with Crippen molar-refractivity contribution in [2.24, 2.45) is 5.92 Å². The van der Waals surface area contributed by atoms with Gasteiger partial charge in [-0.3, -0.25) is 9.59 Å². The predicted molar refractivity (Wildman–Crippen MR) is 111 cm³/mol. The van der Waals surface area contributed by atoms with Gasteiger partial charge in [0.1, 0.15) is 23.5 Å². The van der Waals surface area contributed by atoms with Gasteiger partial charge in [0.2, 0.25) is 0 Å². The second-order valence-corrected chi connectivity index (χ2v) is 7.98. The van der Waals surface area contributed by atoms with Crippen molar-refractivity contribution in [2.75, 3.05) is 19.6 Å². The number of carbonyl (C=O) groups excluding carboxylic acids is 2. The lowest BCUT2D eigenvalue weighted by atomic mass is 10.1. The Bertz CT molecular complexity index is 1140. The van der Waals surface area contributed by atoms with E-state index in [-0.39, 0.29) is 41.4 Å². The monoisotopic (exact) mass is 445 g/mol. The van der Waals surface area contributed by atoms with Crippen molar-refractivity contribution in [3.05, 3.63) is 58.9 Å². The van der Waals surface area contributed by atoms with Crippen LogP contribution in [0.4, 0.5) is 4.39 Å². The van der Waals surface area contributed by atoms with Gasteiger partial charge in [-0.05, 0) is 48.2 Å². The maximum atomic E-state index is 13.4. The summed E-state index contributed by atoms with van der Waals surface area (Å²) in [5, 5.41) is 9.63. The van der Waals surface area contributed by atoms with Gasteiger partial charge >= 0.3 is 0 Å². The predicted octanol–water partition coefficient (Wildman–Crippen LogP) is 1.71. The van der Waals surface area contributed by atoms with Crippen molar-refractivity contribution in [3.8, 4) is 0 Å². The van der Waals surface area contributed by atoms with Gasteiger partial charge in [-0.15, -0.1) is 0 Å². The number of aromatic nitrogens is 4. The van der Waals surface area contributed by atoms with Crippen LogP contribution in [0.5, 0.6) is 0 Å². The zero-order valence-electron chi connectivity index (χ0n) is 16.8. The molecule has 1 saturated heterocycles. The standard InChI is InChI=1S/C20H21ClFN7O2/c1-12-6-13(2-3-15(12)22)8-23-18(30)16-7-17(29-20(27-16)25-11-26-29)19(31)24-9-14-4-5-28(21)10-14/h2-3,6-7,11,14H,4-5,8-10H2,1H3,(H,23,30)(H,24,31)/t14-/m0/s1. The zero-order chi connectivity index (χ0) is 22.0. The van der Waals surface area contributed by atoms with Gasteiger partial charge in [0, 0.05) is 32.2 Å². The summed E-state index contributed by atoms with van der Waals surface area (Å²) in [5.41, 5.74) is 1.44. The first-order valence-electron chi connectivity index (χ1n) is 9.83. The van der Waals surface area contributed by atoms with Crippen LogP contribution in [0.3, 0.4) is 0 Å². The lowest BCUT2D eigenvalue weighted by molar-refractivity contribution is 0.0940. The molecule has 162 valence electrons.